The van der Waals surface area contributed by atoms with E-state index in [-0.39, 0.29) is 17.1 Å². The molecule has 2 aliphatic heterocycles. The Balaban J connectivity index is 0.00000374. The molecule has 0 fully saturated rings. The maximum atomic E-state index is 6.08. The molecule has 1 radical (unpaired) electrons. The first kappa shape index (κ1) is 32.0. The first-order valence-corrected chi connectivity index (χ1v) is 16.6. The molecule has 3 aromatic heterocycles. The summed E-state index contributed by atoms with van der Waals surface area (Å²) in [4.78, 5) is 21.3. The summed E-state index contributed by atoms with van der Waals surface area (Å²) >= 11 is 0. The molecule has 0 aliphatic carbocycles. The van der Waals surface area contributed by atoms with Crippen LogP contribution in [0.3, 0.4) is 0 Å². The Morgan fingerprint density at radius 2 is 0.765 bits per heavy atom. The Morgan fingerprint density at radius 3 is 1.16 bits per heavy atom. The van der Waals surface area contributed by atoms with Crippen molar-refractivity contribution in [3.63, 3.8) is 0 Å². The number of rotatable bonds is 5. The molecule has 9 rings (SSSR count). The van der Waals surface area contributed by atoms with Crippen molar-refractivity contribution in [2.75, 3.05) is 7.11 Å². The van der Waals surface area contributed by atoms with Gasteiger partial charge in [0.2, 0.25) is 0 Å². The smallest absolute Gasteiger partial charge is 0.657 e. The second-order valence-electron chi connectivity index (χ2n) is 12.2. The van der Waals surface area contributed by atoms with Gasteiger partial charge in [-0.15, -0.1) is 16.6 Å². The van der Waals surface area contributed by atoms with Gasteiger partial charge in [-0.2, -0.15) is 0 Å². The predicted molar refractivity (Wildman–Crippen MR) is 205 cm³/mol. The van der Waals surface area contributed by atoms with Crippen molar-refractivity contribution in [2.45, 2.75) is 0 Å². The number of hydrogen-bond donors (Lipinski definition) is 0. The van der Waals surface area contributed by atoms with Crippen molar-refractivity contribution in [1.82, 2.24) is 19.9 Å². The minimum absolute atomic E-state index is 0. The van der Waals surface area contributed by atoms with Crippen molar-refractivity contribution >= 4 is 46.4 Å². The Morgan fingerprint density at radius 1 is 0.412 bits per heavy atom. The van der Waals surface area contributed by atoms with Crippen LogP contribution >= 0.6 is 0 Å². The van der Waals surface area contributed by atoms with Gasteiger partial charge < -0.3 is 14.7 Å². The fraction of sp³-hybridized carbons (Fsp3) is 0.0222. The monoisotopic (exact) mass is 705 g/mol. The average molecular weight is 706 g/mol. The number of aromatic nitrogens is 4. The van der Waals surface area contributed by atoms with Crippen molar-refractivity contribution in [3.8, 4) is 50.3 Å². The largest absolute Gasteiger partial charge is 2.00 e. The van der Waals surface area contributed by atoms with E-state index in [1.54, 1.807) is 7.11 Å². The van der Waals surface area contributed by atoms with E-state index < -0.39 is 0 Å². The molecule has 6 heteroatoms. The molecular weight excluding hydrogens is 676 g/mol. The second-order valence-corrected chi connectivity index (χ2v) is 12.2. The van der Waals surface area contributed by atoms with Crippen molar-refractivity contribution < 1.29 is 21.8 Å². The Bertz CT molecular complexity index is 2610. The van der Waals surface area contributed by atoms with E-state index >= 15 is 0 Å². The van der Waals surface area contributed by atoms with Gasteiger partial charge in [0, 0.05) is 0 Å². The van der Waals surface area contributed by atoms with Gasteiger partial charge in [0.05, 0.1) is 29.9 Å². The summed E-state index contributed by atoms with van der Waals surface area (Å²) in [6.45, 7) is 0. The van der Waals surface area contributed by atoms with Gasteiger partial charge in [-0.05, 0) is 74.9 Å². The van der Waals surface area contributed by atoms with Crippen molar-refractivity contribution in [2.24, 2.45) is 0 Å². The number of hydrogen-bond acceptors (Lipinski definition) is 3. The van der Waals surface area contributed by atoms with Crippen LogP contribution in [-0.4, -0.2) is 17.1 Å². The molecule has 7 aromatic rings. The minimum Gasteiger partial charge on any atom is -0.657 e. The van der Waals surface area contributed by atoms with E-state index in [0.29, 0.717) is 5.75 Å². The number of ether oxygens (including phenoxy) is 1. The van der Waals surface area contributed by atoms with Crippen LogP contribution in [0.2, 0.25) is 0 Å². The molecule has 0 unspecified atom stereocenters. The van der Waals surface area contributed by atoms with Crippen LogP contribution in [0.4, 0.5) is 0 Å². The minimum atomic E-state index is 0. The number of fused-ring (bicyclic) bond motifs is 8. The van der Waals surface area contributed by atoms with Crippen LogP contribution in [0.1, 0.15) is 22.8 Å². The fourth-order valence-electron chi connectivity index (χ4n) is 6.89. The summed E-state index contributed by atoms with van der Waals surface area (Å²) in [6, 6.07) is 47.5. The van der Waals surface area contributed by atoms with Crippen molar-refractivity contribution in [1.29, 1.82) is 0 Å². The standard InChI is InChI=1S/C45H30N4O.Cu/c1-50-40-28-39-43(31-18-10-4-11-19-31)37-25-24-35(47-37)41(29-14-6-2-7-15-29)33-22-23-34(46-33)42(30-16-8-3-9-17-30)36-26-27-38(48-36)44(45(40)49-39)32-20-12-5-13-21-32;/h2-28H,1H3;/q-2;+2. The maximum Gasteiger partial charge on any atom is 2.00 e. The van der Waals surface area contributed by atoms with Gasteiger partial charge in [-0.3, -0.25) is 0 Å². The summed E-state index contributed by atoms with van der Waals surface area (Å²) in [5.74, 6) is 0.665. The van der Waals surface area contributed by atoms with E-state index in [0.717, 1.165) is 89.4 Å². The molecule has 4 aromatic carbocycles. The molecule has 0 saturated heterocycles. The molecule has 247 valence electrons. The molecule has 51 heavy (non-hydrogen) atoms. The summed E-state index contributed by atoms with van der Waals surface area (Å²) in [5, 5.41) is 0. The molecule has 0 saturated carbocycles. The van der Waals surface area contributed by atoms with Gasteiger partial charge in [0.1, 0.15) is 5.75 Å². The van der Waals surface area contributed by atoms with Gasteiger partial charge in [-0.25, -0.2) is 9.97 Å². The Labute approximate surface area is 306 Å². The average Bonchev–Trinajstić information content (AvgIpc) is 4.00. The summed E-state index contributed by atoms with van der Waals surface area (Å²) in [6.07, 6.45) is 8.32. The molecular formula is C45H30CuN4O. The van der Waals surface area contributed by atoms with Crippen LogP contribution in [0, 0.1) is 0 Å². The van der Waals surface area contributed by atoms with Crippen LogP contribution in [0.25, 0.3) is 90.9 Å². The van der Waals surface area contributed by atoms with Gasteiger partial charge in [-0.1, -0.05) is 139 Å². The normalized spacial score (nSPS) is 11.7. The van der Waals surface area contributed by atoms with E-state index in [1.807, 2.05) is 54.6 Å². The van der Waals surface area contributed by atoms with E-state index in [9.17, 15) is 0 Å². The van der Waals surface area contributed by atoms with Crippen LogP contribution in [0.5, 0.6) is 5.75 Å². The van der Waals surface area contributed by atoms with E-state index in [1.165, 1.54) is 0 Å². The third-order valence-corrected chi connectivity index (χ3v) is 9.15. The maximum absolute atomic E-state index is 6.08. The Kier molecular flexibility index (Phi) is 8.54. The Hall–Kier alpha value is -6.20. The van der Waals surface area contributed by atoms with E-state index in [4.69, 9.17) is 24.7 Å². The number of methoxy groups -OCH3 is 1. The molecule has 0 amide bonds. The number of benzene rings is 4. The SMILES string of the molecule is COc1cc2[n-]c1c(-c1ccccc1)c1nc(c(-c3ccccc3)c3ccc([n-]3)c(-c3ccccc3)c3nc(c2-c2ccccc2)C=C3)C=C1.[Cu+2]. The molecule has 0 spiro atoms. The first-order chi connectivity index (χ1) is 24.7. The topological polar surface area (TPSA) is 63.2 Å². The zero-order valence-electron chi connectivity index (χ0n) is 27.6. The van der Waals surface area contributed by atoms with Gasteiger partial charge >= 0.3 is 17.1 Å². The zero-order valence-corrected chi connectivity index (χ0v) is 28.5. The summed E-state index contributed by atoms with van der Waals surface area (Å²) in [5.41, 5.74) is 14.2. The predicted octanol–water partition coefficient (Wildman–Crippen LogP) is 10.6. The van der Waals surface area contributed by atoms with Crippen LogP contribution < -0.4 is 14.7 Å². The summed E-state index contributed by atoms with van der Waals surface area (Å²) in [7, 11) is 1.70. The first-order valence-electron chi connectivity index (χ1n) is 16.6. The summed E-state index contributed by atoms with van der Waals surface area (Å²) < 4.78 is 6.08. The third kappa shape index (κ3) is 5.81. The fourth-order valence-corrected chi connectivity index (χ4v) is 6.89. The molecule has 0 N–H and O–H groups in total. The molecule has 0 atom stereocenters. The van der Waals surface area contributed by atoms with Gasteiger partial charge in [0.15, 0.2) is 0 Å². The van der Waals surface area contributed by atoms with Crippen molar-refractivity contribution in [3.05, 3.63) is 162 Å². The molecule has 5 heterocycles. The third-order valence-electron chi connectivity index (χ3n) is 9.15. The second kappa shape index (κ2) is 13.6. The van der Waals surface area contributed by atoms with Gasteiger partial charge in [0.25, 0.3) is 0 Å². The molecule has 5 nitrogen and oxygen atoms in total. The zero-order chi connectivity index (χ0) is 33.4. The van der Waals surface area contributed by atoms with E-state index in [2.05, 4.69) is 109 Å². The quantitative estimate of drug-likeness (QED) is 0.167. The molecule has 8 bridgehead atoms. The van der Waals surface area contributed by atoms with Crippen LogP contribution in [0.15, 0.2) is 140 Å². The number of nitrogens with zero attached hydrogens (tertiary/aromatic N) is 4. The van der Waals surface area contributed by atoms with Crippen LogP contribution in [-0.2, 0) is 17.1 Å². The molecule has 2 aliphatic rings.